The van der Waals surface area contributed by atoms with Crippen molar-refractivity contribution in [3.63, 3.8) is 0 Å². The number of hydrogen-bond acceptors (Lipinski definition) is 4. The number of nitrogens with two attached hydrogens (primary N) is 1. The summed E-state index contributed by atoms with van der Waals surface area (Å²) in [5.41, 5.74) is 0.418. The molecule has 0 aliphatic rings. The second-order valence-electron chi connectivity index (χ2n) is 4.68. The molecule has 0 saturated carbocycles. The molecule has 0 aliphatic carbocycles. The van der Waals surface area contributed by atoms with Crippen LogP contribution in [0.25, 0.3) is 0 Å². The smallest absolute Gasteiger partial charge is 0.264 e. The van der Waals surface area contributed by atoms with E-state index in [1.165, 1.54) is 30.3 Å². The number of primary sulfonamides is 1. The van der Waals surface area contributed by atoms with Crippen molar-refractivity contribution < 1.29 is 16.8 Å². The van der Waals surface area contributed by atoms with E-state index in [0.717, 1.165) is 6.07 Å². The molecule has 0 heterocycles. The lowest BCUT2D eigenvalue weighted by Crippen LogP contribution is -2.17. The molecule has 23 heavy (non-hydrogen) atoms. The van der Waals surface area contributed by atoms with Crippen molar-refractivity contribution in [2.75, 3.05) is 4.72 Å². The van der Waals surface area contributed by atoms with Crippen LogP contribution >= 0.6 is 23.2 Å². The average Bonchev–Trinajstić information content (AvgIpc) is 2.39. The molecule has 3 N–H and O–H groups in total. The van der Waals surface area contributed by atoms with Crippen LogP contribution in [-0.2, 0) is 20.0 Å². The van der Waals surface area contributed by atoms with Gasteiger partial charge >= 0.3 is 0 Å². The molecule has 0 radical (unpaired) electrons. The highest BCUT2D eigenvalue weighted by molar-refractivity contribution is 7.93. The summed E-state index contributed by atoms with van der Waals surface area (Å²) >= 11 is 11.8. The molecule has 0 unspecified atom stereocenters. The van der Waals surface area contributed by atoms with Crippen molar-refractivity contribution in [3.05, 3.63) is 52.0 Å². The van der Waals surface area contributed by atoms with Gasteiger partial charge < -0.3 is 0 Å². The van der Waals surface area contributed by atoms with Gasteiger partial charge in [0.25, 0.3) is 10.0 Å². The Morgan fingerprint density at radius 3 is 2.09 bits per heavy atom. The molecule has 2 aromatic carbocycles. The standard InChI is InChI=1S/C13H12Cl2N2O4S2/c1-8-5-6-9(7-12(8)22(16,18)19)17-23(20,21)13-10(14)3-2-4-11(13)15/h2-7,17H,1H3,(H2,16,18,19). The molecule has 0 spiro atoms. The summed E-state index contributed by atoms with van der Waals surface area (Å²) in [6, 6.07) is 8.25. The number of rotatable bonds is 4. The van der Waals surface area contributed by atoms with Crippen LogP contribution in [0, 0.1) is 6.92 Å². The van der Waals surface area contributed by atoms with Crippen LogP contribution in [0.15, 0.2) is 46.2 Å². The van der Waals surface area contributed by atoms with E-state index in [1.54, 1.807) is 6.92 Å². The van der Waals surface area contributed by atoms with Gasteiger partial charge in [-0.1, -0.05) is 35.3 Å². The predicted octanol–water partition coefficient (Wildman–Crippen LogP) is 2.75. The van der Waals surface area contributed by atoms with Gasteiger partial charge in [-0.2, -0.15) is 0 Å². The Kier molecular flexibility index (Phi) is 4.93. The van der Waals surface area contributed by atoms with E-state index in [0.29, 0.717) is 5.56 Å². The first kappa shape index (κ1) is 18.0. The van der Waals surface area contributed by atoms with Crippen molar-refractivity contribution in [3.8, 4) is 0 Å². The monoisotopic (exact) mass is 394 g/mol. The largest absolute Gasteiger partial charge is 0.279 e. The fraction of sp³-hybridized carbons (Fsp3) is 0.0769. The zero-order chi connectivity index (χ0) is 17.4. The molecule has 2 aromatic rings. The summed E-state index contributed by atoms with van der Waals surface area (Å²) in [4.78, 5) is -0.469. The molecule has 0 atom stereocenters. The van der Waals surface area contributed by atoms with E-state index >= 15 is 0 Å². The molecule has 0 saturated heterocycles. The normalized spacial score (nSPS) is 12.2. The van der Waals surface area contributed by atoms with Gasteiger partial charge in [0.05, 0.1) is 20.6 Å². The molecule has 0 aliphatic heterocycles. The molecular weight excluding hydrogens is 383 g/mol. The Balaban J connectivity index is 2.51. The van der Waals surface area contributed by atoms with Crippen LogP contribution in [-0.4, -0.2) is 16.8 Å². The minimum Gasteiger partial charge on any atom is -0.279 e. The Bertz CT molecular complexity index is 953. The van der Waals surface area contributed by atoms with Crippen LogP contribution in [0.5, 0.6) is 0 Å². The lowest BCUT2D eigenvalue weighted by Gasteiger charge is -2.12. The fourth-order valence-corrected chi connectivity index (χ4v) is 4.92. The second kappa shape index (κ2) is 6.29. The first-order valence-corrected chi connectivity index (χ1v) is 9.91. The molecule has 2 rings (SSSR count). The molecule has 0 fully saturated rings. The highest BCUT2D eigenvalue weighted by Gasteiger charge is 2.22. The zero-order valence-corrected chi connectivity index (χ0v) is 14.9. The van der Waals surface area contributed by atoms with Crippen LogP contribution in [0.1, 0.15) is 5.56 Å². The number of sulfonamides is 2. The minimum absolute atomic E-state index is 0.0237. The summed E-state index contributed by atoms with van der Waals surface area (Å²) in [5, 5.41) is 5.00. The Morgan fingerprint density at radius 1 is 1.00 bits per heavy atom. The fourth-order valence-electron chi connectivity index (χ4n) is 1.92. The summed E-state index contributed by atoms with van der Waals surface area (Å²) in [6.45, 7) is 1.54. The Hall–Kier alpha value is -1.32. The van der Waals surface area contributed by atoms with E-state index in [2.05, 4.69) is 4.72 Å². The molecule has 6 nitrogen and oxygen atoms in total. The van der Waals surface area contributed by atoms with E-state index < -0.39 is 20.0 Å². The van der Waals surface area contributed by atoms with Crippen molar-refractivity contribution in [2.24, 2.45) is 5.14 Å². The number of nitrogens with one attached hydrogen (secondary N) is 1. The molecule has 0 amide bonds. The summed E-state index contributed by atoms with van der Waals surface area (Å²) in [5.74, 6) is 0. The summed E-state index contributed by atoms with van der Waals surface area (Å²) < 4.78 is 50.1. The van der Waals surface area contributed by atoms with Crippen molar-refractivity contribution in [1.82, 2.24) is 0 Å². The van der Waals surface area contributed by atoms with E-state index in [9.17, 15) is 16.8 Å². The molecule has 124 valence electrons. The SMILES string of the molecule is Cc1ccc(NS(=O)(=O)c2c(Cl)cccc2Cl)cc1S(N)(=O)=O. The number of anilines is 1. The highest BCUT2D eigenvalue weighted by Crippen LogP contribution is 2.31. The van der Waals surface area contributed by atoms with Gasteiger partial charge in [0.2, 0.25) is 10.0 Å². The highest BCUT2D eigenvalue weighted by atomic mass is 35.5. The third-order valence-corrected chi connectivity index (χ3v) is 6.32. The van der Waals surface area contributed by atoms with Gasteiger partial charge in [0.15, 0.2) is 0 Å². The lowest BCUT2D eigenvalue weighted by molar-refractivity contribution is 0.596. The first-order chi connectivity index (χ1) is 10.5. The second-order valence-corrected chi connectivity index (χ2v) is 8.65. The third-order valence-electron chi connectivity index (χ3n) is 2.93. The van der Waals surface area contributed by atoms with Crippen molar-refractivity contribution in [2.45, 2.75) is 16.7 Å². The van der Waals surface area contributed by atoms with Gasteiger partial charge in [-0.25, -0.2) is 22.0 Å². The van der Waals surface area contributed by atoms with E-state index in [-0.39, 0.29) is 25.5 Å². The molecular formula is C13H12Cl2N2O4S2. The van der Waals surface area contributed by atoms with Crippen LogP contribution in [0.2, 0.25) is 10.0 Å². The quantitative estimate of drug-likeness (QED) is 0.830. The third kappa shape index (κ3) is 3.96. The maximum absolute atomic E-state index is 12.4. The zero-order valence-electron chi connectivity index (χ0n) is 11.7. The molecule has 0 aromatic heterocycles. The Labute approximate surface area is 144 Å². The van der Waals surface area contributed by atoms with Crippen LogP contribution in [0.3, 0.4) is 0 Å². The number of halogens is 2. The topological polar surface area (TPSA) is 106 Å². The van der Waals surface area contributed by atoms with Gasteiger partial charge in [-0.15, -0.1) is 0 Å². The van der Waals surface area contributed by atoms with Crippen molar-refractivity contribution in [1.29, 1.82) is 0 Å². The van der Waals surface area contributed by atoms with Gasteiger partial charge in [-0.05, 0) is 36.8 Å². The summed E-state index contributed by atoms with van der Waals surface area (Å²) in [6.07, 6.45) is 0. The van der Waals surface area contributed by atoms with Crippen LogP contribution < -0.4 is 9.86 Å². The maximum atomic E-state index is 12.4. The summed E-state index contributed by atoms with van der Waals surface area (Å²) in [7, 11) is -8.08. The first-order valence-electron chi connectivity index (χ1n) is 6.12. The number of hydrogen-bond donors (Lipinski definition) is 2. The van der Waals surface area contributed by atoms with E-state index in [1.807, 2.05) is 0 Å². The van der Waals surface area contributed by atoms with Crippen molar-refractivity contribution >= 4 is 48.9 Å². The molecule has 10 heteroatoms. The predicted molar refractivity (Wildman–Crippen MR) is 89.8 cm³/mol. The minimum atomic E-state index is -4.10. The number of aryl methyl sites for hydroxylation is 1. The number of benzene rings is 2. The van der Waals surface area contributed by atoms with Gasteiger partial charge in [-0.3, -0.25) is 4.72 Å². The molecule has 0 bridgehead atoms. The van der Waals surface area contributed by atoms with Crippen LogP contribution in [0.4, 0.5) is 5.69 Å². The van der Waals surface area contributed by atoms with Gasteiger partial charge in [0.1, 0.15) is 4.90 Å². The maximum Gasteiger partial charge on any atom is 0.264 e. The van der Waals surface area contributed by atoms with Gasteiger partial charge in [0, 0.05) is 0 Å². The lowest BCUT2D eigenvalue weighted by atomic mass is 10.2. The van der Waals surface area contributed by atoms with E-state index in [4.69, 9.17) is 28.3 Å². The average molecular weight is 395 g/mol. The Morgan fingerprint density at radius 2 is 1.57 bits per heavy atom.